The molecule has 0 bridgehead atoms. The topological polar surface area (TPSA) is 52.6 Å². The van der Waals surface area contributed by atoms with E-state index in [1.54, 1.807) is 0 Å². The first-order valence-electron chi connectivity index (χ1n) is 6.45. The first-order valence-corrected chi connectivity index (χ1v) is 6.45. The van der Waals surface area contributed by atoms with E-state index in [2.05, 4.69) is 4.74 Å². The number of esters is 1. The molecule has 1 fully saturated rings. The van der Waals surface area contributed by atoms with Crippen molar-refractivity contribution in [2.45, 2.75) is 64.6 Å². The highest BCUT2D eigenvalue weighted by molar-refractivity contribution is 5.83. The van der Waals surface area contributed by atoms with Gasteiger partial charge in [-0.15, -0.1) is 0 Å². The van der Waals surface area contributed by atoms with Crippen LogP contribution in [0.4, 0.5) is 0 Å². The Morgan fingerprint density at radius 2 is 1.83 bits per heavy atom. The van der Waals surface area contributed by atoms with Gasteiger partial charge in [-0.25, -0.2) is 0 Å². The summed E-state index contributed by atoms with van der Waals surface area (Å²) in [6.45, 7) is 8.15. The lowest BCUT2D eigenvalue weighted by Crippen LogP contribution is -2.30. The lowest BCUT2D eigenvalue weighted by molar-refractivity contribution is -0.142. The minimum absolute atomic E-state index is 0.111. The highest BCUT2D eigenvalue weighted by atomic mass is 16.5. The largest absolute Gasteiger partial charge is 0.469 e. The molecule has 1 heterocycles. The smallest absolute Gasteiger partial charge is 0.305 e. The Morgan fingerprint density at radius 1 is 1.22 bits per heavy atom. The minimum atomic E-state index is -0.328. The standard InChI is InChI=1S/C14H24O4/c1-13(2)9-10(14(3,4)18-13)8-11(15)6-7-12(16)17-5/h10H,6-9H2,1-5H3. The number of carbonyl (C=O) groups is 2. The van der Waals surface area contributed by atoms with Crippen LogP contribution in [0.25, 0.3) is 0 Å². The molecule has 0 saturated carbocycles. The maximum absolute atomic E-state index is 11.9. The average Bonchev–Trinajstić information content (AvgIpc) is 2.43. The van der Waals surface area contributed by atoms with E-state index in [1.807, 2.05) is 27.7 Å². The molecule has 0 radical (unpaired) electrons. The van der Waals surface area contributed by atoms with Crippen molar-refractivity contribution in [2.75, 3.05) is 7.11 Å². The van der Waals surface area contributed by atoms with E-state index in [0.29, 0.717) is 6.42 Å². The molecule has 4 nitrogen and oxygen atoms in total. The first-order chi connectivity index (χ1) is 8.16. The van der Waals surface area contributed by atoms with Crippen molar-refractivity contribution in [1.29, 1.82) is 0 Å². The molecule has 4 heteroatoms. The summed E-state index contributed by atoms with van der Waals surface area (Å²) in [5.41, 5.74) is -0.443. The van der Waals surface area contributed by atoms with Gasteiger partial charge in [0.25, 0.3) is 0 Å². The van der Waals surface area contributed by atoms with Gasteiger partial charge in [-0.1, -0.05) is 0 Å². The Hall–Kier alpha value is -0.900. The second kappa shape index (κ2) is 5.39. The van der Waals surface area contributed by atoms with E-state index in [-0.39, 0.29) is 41.7 Å². The van der Waals surface area contributed by atoms with Crippen LogP contribution in [0.1, 0.15) is 53.4 Å². The van der Waals surface area contributed by atoms with E-state index in [1.165, 1.54) is 7.11 Å². The third kappa shape index (κ3) is 4.09. The molecule has 0 aromatic carbocycles. The van der Waals surface area contributed by atoms with E-state index >= 15 is 0 Å². The summed E-state index contributed by atoms with van der Waals surface area (Å²) in [7, 11) is 1.34. The molecule has 1 aliphatic rings. The van der Waals surface area contributed by atoms with Crippen LogP contribution < -0.4 is 0 Å². The normalized spacial score (nSPS) is 24.8. The SMILES string of the molecule is COC(=O)CCC(=O)CC1CC(C)(C)OC1(C)C. The van der Waals surface area contributed by atoms with Gasteiger partial charge >= 0.3 is 5.97 Å². The maximum Gasteiger partial charge on any atom is 0.305 e. The lowest BCUT2D eigenvalue weighted by atomic mass is 9.83. The lowest BCUT2D eigenvalue weighted by Gasteiger charge is -2.27. The van der Waals surface area contributed by atoms with Gasteiger partial charge in [0.15, 0.2) is 0 Å². The monoisotopic (exact) mass is 256 g/mol. The van der Waals surface area contributed by atoms with Gasteiger partial charge in [-0.3, -0.25) is 9.59 Å². The predicted molar refractivity (Wildman–Crippen MR) is 68.2 cm³/mol. The molecule has 0 N–H and O–H groups in total. The zero-order chi connectivity index (χ0) is 14.0. The second-order valence-electron chi connectivity index (χ2n) is 6.19. The second-order valence-corrected chi connectivity index (χ2v) is 6.19. The van der Waals surface area contributed by atoms with Gasteiger partial charge < -0.3 is 9.47 Å². The maximum atomic E-state index is 11.9. The molecule has 0 amide bonds. The fourth-order valence-electron chi connectivity index (χ4n) is 2.71. The van der Waals surface area contributed by atoms with Crippen molar-refractivity contribution in [3.63, 3.8) is 0 Å². The first kappa shape index (κ1) is 15.2. The van der Waals surface area contributed by atoms with Crippen LogP contribution in [0.2, 0.25) is 0 Å². The summed E-state index contributed by atoms with van der Waals surface area (Å²) < 4.78 is 10.5. The number of methoxy groups -OCH3 is 1. The molecule has 0 aromatic heterocycles. The molecule has 1 aliphatic heterocycles. The minimum Gasteiger partial charge on any atom is -0.469 e. The third-order valence-electron chi connectivity index (χ3n) is 3.57. The Balaban J connectivity index is 2.47. The third-order valence-corrected chi connectivity index (χ3v) is 3.57. The van der Waals surface area contributed by atoms with Gasteiger partial charge in [0, 0.05) is 12.8 Å². The van der Waals surface area contributed by atoms with E-state index < -0.39 is 0 Å². The van der Waals surface area contributed by atoms with Gasteiger partial charge in [0.05, 0.1) is 24.7 Å². The van der Waals surface area contributed by atoms with Gasteiger partial charge in [0.1, 0.15) is 5.78 Å². The predicted octanol–water partition coefficient (Wildman–Crippen LogP) is 2.49. The molecular formula is C14H24O4. The number of Topliss-reactive ketones (excluding diaryl/α,β-unsaturated/α-hetero) is 1. The number of carbonyl (C=O) groups excluding carboxylic acids is 2. The van der Waals surface area contributed by atoms with E-state index in [4.69, 9.17) is 4.74 Å². The zero-order valence-electron chi connectivity index (χ0n) is 12.0. The molecule has 104 valence electrons. The van der Waals surface area contributed by atoms with E-state index in [0.717, 1.165) is 6.42 Å². The number of ether oxygens (including phenoxy) is 2. The fraction of sp³-hybridized carbons (Fsp3) is 0.857. The summed E-state index contributed by atoms with van der Waals surface area (Å²) >= 11 is 0. The fourth-order valence-corrected chi connectivity index (χ4v) is 2.71. The van der Waals surface area contributed by atoms with Crippen molar-refractivity contribution >= 4 is 11.8 Å². The summed E-state index contributed by atoms with van der Waals surface area (Å²) in [4.78, 5) is 22.8. The van der Waals surface area contributed by atoms with Crippen molar-refractivity contribution < 1.29 is 19.1 Å². The van der Waals surface area contributed by atoms with Crippen LogP contribution in [0.3, 0.4) is 0 Å². The zero-order valence-corrected chi connectivity index (χ0v) is 12.0. The summed E-state index contributed by atoms with van der Waals surface area (Å²) in [5.74, 6) is 0.00281. The van der Waals surface area contributed by atoms with Gasteiger partial charge in [-0.2, -0.15) is 0 Å². The molecule has 1 rings (SSSR count). The highest BCUT2D eigenvalue weighted by Crippen LogP contribution is 2.43. The summed E-state index contributed by atoms with van der Waals surface area (Å²) in [6, 6.07) is 0. The van der Waals surface area contributed by atoms with Crippen LogP contribution in [-0.2, 0) is 19.1 Å². The number of rotatable bonds is 5. The molecule has 0 spiro atoms. The number of hydrogen-bond acceptors (Lipinski definition) is 4. The van der Waals surface area contributed by atoms with Crippen LogP contribution in [-0.4, -0.2) is 30.1 Å². The Kier molecular flexibility index (Phi) is 4.54. The van der Waals surface area contributed by atoms with Crippen molar-refractivity contribution in [2.24, 2.45) is 5.92 Å². The molecule has 1 atom stereocenters. The van der Waals surface area contributed by atoms with Crippen molar-refractivity contribution in [3.05, 3.63) is 0 Å². The van der Waals surface area contributed by atoms with Crippen LogP contribution >= 0.6 is 0 Å². The molecule has 0 aromatic rings. The quantitative estimate of drug-likeness (QED) is 0.709. The average molecular weight is 256 g/mol. The Bertz CT molecular complexity index is 331. The van der Waals surface area contributed by atoms with Crippen LogP contribution in [0.5, 0.6) is 0 Å². The van der Waals surface area contributed by atoms with Crippen molar-refractivity contribution in [1.82, 2.24) is 0 Å². The van der Waals surface area contributed by atoms with Gasteiger partial charge in [0.2, 0.25) is 0 Å². The van der Waals surface area contributed by atoms with Crippen LogP contribution in [0.15, 0.2) is 0 Å². The van der Waals surface area contributed by atoms with Crippen LogP contribution in [0, 0.1) is 5.92 Å². The number of hydrogen-bond donors (Lipinski definition) is 0. The molecule has 18 heavy (non-hydrogen) atoms. The van der Waals surface area contributed by atoms with Gasteiger partial charge in [-0.05, 0) is 40.0 Å². The molecular weight excluding hydrogens is 232 g/mol. The van der Waals surface area contributed by atoms with E-state index in [9.17, 15) is 9.59 Å². The van der Waals surface area contributed by atoms with Crippen molar-refractivity contribution in [3.8, 4) is 0 Å². The molecule has 1 saturated heterocycles. The highest BCUT2D eigenvalue weighted by Gasteiger charge is 2.46. The summed E-state index contributed by atoms with van der Waals surface area (Å²) in [6.07, 6.45) is 1.80. The molecule has 0 aliphatic carbocycles. The summed E-state index contributed by atoms with van der Waals surface area (Å²) in [5, 5.41) is 0. The molecule has 1 unspecified atom stereocenters. The Morgan fingerprint density at radius 3 is 2.28 bits per heavy atom. The number of ketones is 1. The Labute approximate surface area is 109 Å².